The highest BCUT2D eigenvalue weighted by Gasteiger charge is 2.32. The molecule has 0 aliphatic heterocycles. The van der Waals surface area contributed by atoms with Gasteiger partial charge >= 0.3 is 18.1 Å². The van der Waals surface area contributed by atoms with Gasteiger partial charge in [-0.15, -0.1) is 0 Å². The molecule has 1 N–H and O–H groups in total. The molecule has 0 radical (unpaired) electrons. The number of nitrogens with zero attached hydrogens (tertiary/aromatic N) is 2. The quantitative estimate of drug-likeness (QED) is 0.825. The van der Waals surface area contributed by atoms with E-state index in [2.05, 4.69) is 9.72 Å². The molecular formula is C11H11F3N2O4. The lowest BCUT2D eigenvalue weighted by Crippen LogP contribution is -2.38. The minimum atomic E-state index is -4.60. The highest BCUT2D eigenvalue weighted by atomic mass is 19.4. The molecule has 0 aromatic carbocycles. The van der Waals surface area contributed by atoms with E-state index in [0.29, 0.717) is 4.90 Å². The molecule has 0 spiro atoms. The summed E-state index contributed by atoms with van der Waals surface area (Å²) < 4.78 is 41.7. The summed E-state index contributed by atoms with van der Waals surface area (Å²) >= 11 is 0. The largest absolute Gasteiger partial charge is 0.480 e. The molecule has 6 nitrogen and oxygen atoms in total. The lowest BCUT2D eigenvalue weighted by atomic mass is 10.2. The van der Waals surface area contributed by atoms with E-state index in [4.69, 9.17) is 5.11 Å². The third kappa shape index (κ3) is 4.75. The van der Waals surface area contributed by atoms with Gasteiger partial charge in [-0.25, -0.2) is 9.78 Å². The third-order valence-corrected chi connectivity index (χ3v) is 2.19. The van der Waals surface area contributed by atoms with Gasteiger partial charge in [-0.2, -0.15) is 13.2 Å². The van der Waals surface area contributed by atoms with Crippen LogP contribution in [0.4, 0.5) is 19.0 Å². The number of hydrogen-bond donors (Lipinski definition) is 1. The van der Waals surface area contributed by atoms with Crippen molar-refractivity contribution in [3.8, 4) is 0 Å². The molecule has 0 amide bonds. The van der Waals surface area contributed by atoms with E-state index in [1.807, 2.05) is 0 Å². The summed E-state index contributed by atoms with van der Waals surface area (Å²) in [5.41, 5.74) is -0.0185. The zero-order valence-corrected chi connectivity index (χ0v) is 10.3. The molecule has 0 fully saturated rings. The van der Waals surface area contributed by atoms with E-state index in [9.17, 15) is 22.8 Å². The average molecular weight is 292 g/mol. The second kappa shape index (κ2) is 6.22. The van der Waals surface area contributed by atoms with E-state index in [0.717, 1.165) is 19.4 Å². The third-order valence-electron chi connectivity index (χ3n) is 2.19. The van der Waals surface area contributed by atoms with Crippen molar-refractivity contribution in [3.05, 3.63) is 23.9 Å². The van der Waals surface area contributed by atoms with Crippen LogP contribution in [-0.2, 0) is 9.53 Å². The van der Waals surface area contributed by atoms with Crippen molar-refractivity contribution in [1.82, 2.24) is 4.98 Å². The van der Waals surface area contributed by atoms with Crippen LogP contribution in [0.1, 0.15) is 10.4 Å². The van der Waals surface area contributed by atoms with Gasteiger partial charge in [0.15, 0.2) is 0 Å². The first kappa shape index (κ1) is 15.7. The summed E-state index contributed by atoms with van der Waals surface area (Å²) in [5, 5.41) is 8.64. The fourth-order valence-electron chi connectivity index (χ4n) is 1.43. The smallest absolute Gasteiger partial charge is 0.405 e. The molecule has 1 aromatic heterocycles. The average Bonchev–Trinajstić information content (AvgIpc) is 2.35. The Hall–Kier alpha value is -2.32. The first-order valence-corrected chi connectivity index (χ1v) is 5.31. The van der Waals surface area contributed by atoms with E-state index >= 15 is 0 Å². The minimum absolute atomic E-state index is 0.0185. The number of aromatic nitrogens is 1. The minimum Gasteiger partial charge on any atom is -0.480 e. The molecule has 1 rings (SSSR count). The van der Waals surface area contributed by atoms with Gasteiger partial charge in [-0.05, 0) is 12.1 Å². The summed E-state index contributed by atoms with van der Waals surface area (Å²) in [7, 11) is 1.12. The van der Waals surface area contributed by atoms with Gasteiger partial charge in [-0.3, -0.25) is 4.79 Å². The predicted molar refractivity (Wildman–Crippen MR) is 61.5 cm³/mol. The Balaban J connectivity index is 3.06. The molecular weight excluding hydrogens is 281 g/mol. The molecule has 0 atom stereocenters. The maximum absolute atomic E-state index is 12.4. The monoisotopic (exact) mass is 292 g/mol. The maximum atomic E-state index is 12.4. The van der Waals surface area contributed by atoms with Gasteiger partial charge < -0.3 is 14.7 Å². The molecule has 110 valence electrons. The van der Waals surface area contributed by atoms with Crippen molar-refractivity contribution >= 4 is 17.8 Å². The number of aliphatic carboxylic acids is 1. The molecule has 1 aromatic rings. The Kier molecular flexibility index (Phi) is 4.89. The lowest BCUT2D eigenvalue weighted by molar-refractivity contribution is -0.136. The van der Waals surface area contributed by atoms with E-state index in [1.165, 1.54) is 6.07 Å². The normalized spacial score (nSPS) is 11.0. The van der Waals surface area contributed by atoms with Crippen molar-refractivity contribution in [2.24, 2.45) is 0 Å². The van der Waals surface area contributed by atoms with Crippen molar-refractivity contribution in [3.63, 3.8) is 0 Å². The van der Waals surface area contributed by atoms with E-state index < -0.39 is 31.2 Å². The van der Waals surface area contributed by atoms with Crippen LogP contribution >= 0.6 is 0 Å². The molecule has 0 aliphatic rings. The molecule has 20 heavy (non-hydrogen) atoms. The SMILES string of the molecule is COC(=O)c1ccnc(N(CC(=O)O)CC(F)(F)F)c1. The number of halogens is 3. The van der Waals surface area contributed by atoms with Crippen LogP contribution in [0, 0.1) is 0 Å². The number of alkyl halides is 3. The van der Waals surface area contributed by atoms with Crippen LogP contribution < -0.4 is 4.90 Å². The number of carbonyl (C=O) groups is 2. The van der Waals surface area contributed by atoms with Gasteiger partial charge in [0, 0.05) is 6.20 Å². The number of ether oxygens (including phenoxy) is 1. The van der Waals surface area contributed by atoms with Crippen LogP contribution in [0.3, 0.4) is 0 Å². The fraction of sp³-hybridized carbons (Fsp3) is 0.364. The second-order valence-electron chi connectivity index (χ2n) is 3.76. The van der Waals surface area contributed by atoms with Gasteiger partial charge in [0.2, 0.25) is 0 Å². The summed E-state index contributed by atoms with van der Waals surface area (Å²) in [6.45, 7) is -2.38. The Labute approximate surface area is 111 Å². The summed E-state index contributed by atoms with van der Waals surface area (Å²) in [6, 6.07) is 2.29. The number of pyridine rings is 1. The molecule has 0 saturated carbocycles. The number of anilines is 1. The van der Waals surface area contributed by atoms with Crippen molar-refractivity contribution < 1.29 is 32.6 Å². The molecule has 9 heteroatoms. The number of methoxy groups -OCH3 is 1. The van der Waals surface area contributed by atoms with Crippen LogP contribution in [0.15, 0.2) is 18.3 Å². The topological polar surface area (TPSA) is 79.7 Å². The van der Waals surface area contributed by atoms with Crippen LogP contribution in [-0.4, -0.2) is 48.4 Å². The molecule has 0 aliphatic carbocycles. The van der Waals surface area contributed by atoms with E-state index in [-0.39, 0.29) is 11.4 Å². The number of esters is 1. The van der Waals surface area contributed by atoms with Crippen molar-refractivity contribution in [1.29, 1.82) is 0 Å². The Morgan fingerprint density at radius 2 is 2.10 bits per heavy atom. The Morgan fingerprint density at radius 3 is 2.60 bits per heavy atom. The highest BCUT2D eigenvalue weighted by Crippen LogP contribution is 2.21. The summed E-state index contributed by atoms with van der Waals surface area (Å²) in [6.07, 6.45) is -3.49. The van der Waals surface area contributed by atoms with Gasteiger partial charge in [0.05, 0.1) is 12.7 Å². The number of carboxylic acids is 1. The number of rotatable bonds is 5. The maximum Gasteiger partial charge on any atom is 0.405 e. The first-order valence-electron chi connectivity index (χ1n) is 5.31. The molecule has 0 saturated heterocycles. The standard InChI is InChI=1S/C11H11F3N2O4/c1-20-10(19)7-2-3-15-8(4-7)16(5-9(17)18)6-11(12,13)14/h2-4H,5-6H2,1H3,(H,17,18). The van der Waals surface area contributed by atoms with E-state index in [1.54, 1.807) is 0 Å². The zero-order chi connectivity index (χ0) is 15.3. The fourth-order valence-corrected chi connectivity index (χ4v) is 1.43. The Morgan fingerprint density at radius 1 is 1.45 bits per heavy atom. The van der Waals surface area contributed by atoms with Crippen molar-refractivity contribution in [2.75, 3.05) is 25.1 Å². The van der Waals surface area contributed by atoms with Crippen LogP contribution in [0.5, 0.6) is 0 Å². The van der Waals surface area contributed by atoms with Gasteiger partial charge in [0.25, 0.3) is 0 Å². The van der Waals surface area contributed by atoms with Gasteiger partial charge in [0.1, 0.15) is 18.9 Å². The lowest BCUT2D eigenvalue weighted by Gasteiger charge is -2.23. The second-order valence-corrected chi connectivity index (χ2v) is 3.76. The number of carboxylic acid groups (broad SMARTS) is 1. The molecule has 0 bridgehead atoms. The van der Waals surface area contributed by atoms with Crippen LogP contribution in [0.25, 0.3) is 0 Å². The van der Waals surface area contributed by atoms with Crippen LogP contribution in [0.2, 0.25) is 0 Å². The van der Waals surface area contributed by atoms with Crippen molar-refractivity contribution in [2.45, 2.75) is 6.18 Å². The Bertz CT molecular complexity index is 505. The zero-order valence-electron chi connectivity index (χ0n) is 10.3. The number of carbonyl (C=O) groups excluding carboxylic acids is 1. The molecule has 1 heterocycles. The summed E-state index contributed by atoms with van der Waals surface area (Å²) in [4.78, 5) is 26.1. The van der Waals surface area contributed by atoms with Gasteiger partial charge in [-0.1, -0.05) is 0 Å². The summed E-state index contributed by atoms with van der Waals surface area (Å²) in [5.74, 6) is -2.47. The molecule has 0 unspecified atom stereocenters. The predicted octanol–water partition coefficient (Wildman–Crippen LogP) is 1.32. The first-order chi connectivity index (χ1) is 9.23. The number of hydrogen-bond acceptors (Lipinski definition) is 5. The highest BCUT2D eigenvalue weighted by molar-refractivity contribution is 5.90.